The van der Waals surface area contributed by atoms with Gasteiger partial charge in [-0.2, -0.15) is 0 Å². The molecule has 1 atom stereocenters. The molecule has 1 aromatic rings. The minimum Gasteiger partial charge on any atom is -0.376 e. The van der Waals surface area contributed by atoms with E-state index in [0.717, 1.165) is 4.88 Å². The van der Waals surface area contributed by atoms with Crippen LogP contribution >= 0.6 is 22.9 Å². The van der Waals surface area contributed by atoms with E-state index in [1.54, 1.807) is 19.9 Å². The fourth-order valence-corrected chi connectivity index (χ4v) is 5.32. The van der Waals surface area contributed by atoms with Crippen LogP contribution in [0.4, 0.5) is 0 Å². The fraction of sp³-hybridized carbons (Fsp3) is 0.500. The normalized spacial score (nSPS) is 29.9. The first kappa shape index (κ1) is 13.9. The summed E-state index contributed by atoms with van der Waals surface area (Å²) in [5.41, 5.74) is -0.183. The summed E-state index contributed by atoms with van der Waals surface area (Å²) in [6.45, 7) is 9.07. The van der Waals surface area contributed by atoms with Crippen molar-refractivity contribution in [1.82, 2.24) is 5.32 Å². The van der Waals surface area contributed by atoms with Gasteiger partial charge >= 0.3 is 0 Å². The van der Waals surface area contributed by atoms with Crippen LogP contribution < -0.4 is 5.32 Å². The van der Waals surface area contributed by atoms with Crippen LogP contribution in [-0.2, 0) is 15.4 Å². The zero-order valence-corrected chi connectivity index (χ0v) is 13.0. The average molecular weight is 306 g/mol. The van der Waals surface area contributed by atoms with Crippen LogP contribution in [-0.4, -0.2) is 18.9 Å². The molecule has 3 nitrogen and oxygen atoms in total. The lowest BCUT2D eigenvalue weighted by Gasteiger charge is -2.43. The van der Waals surface area contributed by atoms with Gasteiger partial charge in [0, 0.05) is 10.6 Å². The maximum absolute atomic E-state index is 12.4. The topological polar surface area (TPSA) is 46.2 Å². The Morgan fingerprint density at radius 3 is 2.50 bits per heavy atom. The van der Waals surface area contributed by atoms with E-state index in [4.69, 9.17) is 11.6 Å². The standard InChI is InChI=1S/C12H16ClNO2S2/c1-8-11(2,3)18(15,16)7-12(4,14-8)10-9(13)5-6-17-10/h5-6,14H,1,7H2,2-4H3/t12-/m0/s1. The van der Waals surface area contributed by atoms with Crippen molar-refractivity contribution in [3.8, 4) is 0 Å². The number of nitrogens with one attached hydrogen (secondary N) is 1. The second-order valence-corrected chi connectivity index (χ2v) is 9.16. The first-order valence-corrected chi connectivity index (χ1v) is 8.44. The highest BCUT2D eigenvalue weighted by Gasteiger charge is 2.50. The highest BCUT2D eigenvalue weighted by atomic mass is 35.5. The number of hydrogen-bond donors (Lipinski definition) is 1. The van der Waals surface area contributed by atoms with Crippen LogP contribution in [0.1, 0.15) is 25.6 Å². The largest absolute Gasteiger partial charge is 0.376 e. The lowest BCUT2D eigenvalue weighted by Crippen LogP contribution is -2.58. The summed E-state index contributed by atoms with van der Waals surface area (Å²) in [5, 5.41) is 5.69. The van der Waals surface area contributed by atoms with E-state index in [-0.39, 0.29) is 5.75 Å². The number of hydrogen-bond acceptors (Lipinski definition) is 4. The summed E-state index contributed by atoms with van der Waals surface area (Å²) in [6.07, 6.45) is 0. The van der Waals surface area contributed by atoms with Gasteiger partial charge in [0.2, 0.25) is 0 Å². The maximum Gasteiger partial charge on any atom is 0.163 e. The van der Waals surface area contributed by atoms with Gasteiger partial charge in [0.25, 0.3) is 0 Å². The second kappa shape index (κ2) is 3.99. The molecule has 0 radical (unpaired) electrons. The number of rotatable bonds is 1. The van der Waals surface area contributed by atoms with Crippen LogP contribution in [0.3, 0.4) is 0 Å². The Morgan fingerprint density at radius 1 is 1.44 bits per heavy atom. The van der Waals surface area contributed by atoms with Gasteiger partial charge in [0.05, 0.1) is 16.3 Å². The van der Waals surface area contributed by atoms with Crippen molar-refractivity contribution in [3.05, 3.63) is 33.6 Å². The molecule has 1 fully saturated rings. The molecule has 0 saturated carbocycles. The van der Waals surface area contributed by atoms with E-state index < -0.39 is 20.1 Å². The number of halogens is 1. The summed E-state index contributed by atoms with van der Waals surface area (Å²) in [7, 11) is -3.27. The zero-order valence-electron chi connectivity index (χ0n) is 10.6. The van der Waals surface area contributed by atoms with Gasteiger partial charge in [-0.05, 0) is 32.2 Å². The predicted octanol–water partition coefficient (Wildman–Crippen LogP) is 2.93. The van der Waals surface area contributed by atoms with Crippen LogP contribution in [0, 0.1) is 0 Å². The van der Waals surface area contributed by atoms with Crippen LogP contribution in [0.5, 0.6) is 0 Å². The molecule has 0 bridgehead atoms. The molecule has 0 aliphatic carbocycles. The molecule has 1 aliphatic heterocycles. The van der Waals surface area contributed by atoms with Gasteiger partial charge in [-0.25, -0.2) is 8.42 Å². The number of sulfone groups is 1. The van der Waals surface area contributed by atoms with E-state index in [9.17, 15) is 8.42 Å². The van der Waals surface area contributed by atoms with Crippen LogP contribution in [0.2, 0.25) is 5.02 Å². The Hall–Kier alpha value is -0.520. The van der Waals surface area contributed by atoms with E-state index in [1.165, 1.54) is 11.3 Å². The molecular formula is C12H16ClNO2S2. The third kappa shape index (κ3) is 1.89. The van der Waals surface area contributed by atoms with Crippen molar-refractivity contribution in [2.45, 2.75) is 31.1 Å². The monoisotopic (exact) mass is 305 g/mol. The molecular weight excluding hydrogens is 290 g/mol. The summed E-state index contributed by atoms with van der Waals surface area (Å²) in [4.78, 5) is 0.837. The first-order chi connectivity index (χ1) is 8.10. The highest BCUT2D eigenvalue weighted by molar-refractivity contribution is 7.93. The smallest absolute Gasteiger partial charge is 0.163 e. The van der Waals surface area contributed by atoms with Crippen molar-refractivity contribution >= 4 is 32.8 Å². The minimum atomic E-state index is -3.27. The second-order valence-electron chi connectivity index (χ2n) is 5.30. The third-order valence-electron chi connectivity index (χ3n) is 3.53. The molecule has 1 saturated heterocycles. The molecule has 100 valence electrons. The highest BCUT2D eigenvalue weighted by Crippen LogP contribution is 2.41. The Labute approximate surface area is 117 Å². The van der Waals surface area contributed by atoms with E-state index >= 15 is 0 Å². The SMILES string of the molecule is C=C1N[C@](C)(c2sccc2Cl)CS(=O)(=O)C1(C)C. The van der Waals surface area contributed by atoms with Gasteiger partial charge in [-0.3, -0.25) is 0 Å². The quantitative estimate of drug-likeness (QED) is 0.868. The molecule has 18 heavy (non-hydrogen) atoms. The first-order valence-electron chi connectivity index (χ1n) is 5.53. The Bertz CT molecular complexity index is 603. The van der Waals surface area contributed by atoms with Crippen LogP contribution in [0.25, 0.3) is 0 Å². The molecule has 0 aromatic carbocycles. The molecule has 6 heteroatoms. The molecule has 0 amide bonds. The third-order valence-corrected chi connectivity index (χ3v) is 7.89. The molecule has 1 aliphatic rings. The average Bonchev–Trinajstić information content (AvgIpc) is 2.61. The summed E-state index contributed by atoms with van der Waals surface area (Å²) >= 11 is 7.58. The van der Waals surface area contributed by atoms with Crippen molar-refractivity contribution in [2.75, 3.05) is 5.75 Å². The van der Waals surface area contributed by atoms with E-state index in [0.29, 0.717) is 10.7 Å². The summed E-state index contributed by atoms with van der Waals surface area (Å²) < 4.78 is 23.8. The van der Waals surface area contributed by atoms with Crippen molar-refractivity contribution < 1.29 is 8.42 Å². The lowest BCUT2D eigenvalue weighted by molar-refractivity contribution is 0.402. The van der Waals surface area contributed by atoms with Crippen LogP contribution in [0.15, 0.2) is 23.7 Å². The number of thiophene rings is 1. The van der Waals surface area contributed by atoms with E-state index in [2.05, 4.69) is 11.9 Å². The minimum absolute atomic E-state index is 0.0201. The van der Waals surface area contributed by atoms with Gasteiger partial charge in [-0.15, -0.1) is 11.3 Å². The van der Waals surface area contributed by atoms with Crippen molar-refractivity contribution in [1.29, 1.82) is 0 Å². The Morgan fingerprint density at radius 2 is 2.06 bits per heavy atom. The lowest BCUT2D eigenvalue weighted by atomic mass is 9.99. The summed E-state index contributed by atoms with van der Waals surface area (Å²) in [5.74, 6) is 0.0201. The van der Waals surface area contributed by atoms with Gasteiger partial charge in [0.15, 0.2) is 9.84 Å². The van der Waals surface area contributed by atoms with Gasteiger partial charge < -0.3 is 5.32 Å². The summed E-state index contributed by atoms with van der Waals surface area (Å²) in [6, 6.07) is 1.78. The Balaban J connectivity index is 2.52. The molecule has 2 heterocycles. The Kier molecular flexibility index (Phi) is 3.08. The molecule has 0 spiro atoms. The molecule has 2 rings (SSSR count). The van der Waals surface area contributed by atoms with Crippen molar-refractivity contribution in [2.24, 2.45) is 0 Å². The predicted molar refractivity (Wildman–Crippen MR) is 76.8 cm³/mol. The van der Waals surface area contributed by atoms with Gasteiger partial charge in [-0.1, -0.05) is 18.2 Å². The fourth-order valence-electron chi connectivity index (χ4n) is 2.08. The zero-order chi connectivity index (χ0) is 13.8. The van der Waals surface area contributed by atoms with Crippen molar-refractivity contribution in [3.63, 3.8) is 0 Å². The maximum atomic E-state index is 12.4. The molecule has 1 aromatic heterocycles. The molecule has 0 unspecified atom stereocenters. The molecule has 1 N–H and O–H groups in total. The van der Waals surface area contributed by atoms with E-state index in [1.807, 2.05) is 12.3 Å². The van der Waals surface area contributed by atoms with Gasteiger partial charge in [0.1, 0.15) is 4.75 Å².